The molecule has 0 radical (unpaired) electrons. The highest BCUT2D eigenvalue weighted by Crippen LogP contribution is 2.33. The number of alkyl halides is 3. The summed E-state index contributed by atoms with van der Waals surface area (Å²) in [5.74, 6) is -0.439. The second kappa shape index (κ2) is 9.02. The molecule has 25 heavy (non-hydrogen) atoms. The zero-order valence-electron chi connectivity index (χ0n) is 12.6. The first-order valence-electron chi connectivity index (χ1n) is 7.07. The van der Waals surface area contributed by atoms with Gasteiger partial charge in [-0.2, -0.15) is 0 Å². The van der Waals surface area contributed by atoms with Gasteiger partial charge in [-0.15, -0.1) is 0 Å². The molecule has 0 fully saturated rings. The van der Waals surface area contributed by atoms with E-state index in [1.165, 1.54) is 6.08 Å². The fourth-order valence-corrected chi connectivity index (χ4v) is 2.56. The summed E-state index contributed by atoms with van der Waals surface area (Å²) in [7, 11) is 0. The lowest BCUT2D eigenvalue weighted by Crippen LogP contribution is -2.48. The molecule has 0 aliphatic rings. The minimum absolute atomic E-state index is 0.373. The van der Waals surface area contributed by atoms with E-state index in [0.717, 1.165) is 5.56 Å². The standard InChI is InChI=1S/C17H13Cl5N2O/c18-12-7-8-13(19)14(10-12)23-16(17(20,21)22)24-15(25)9-6-11-4-2-1-3-5-11/h1-10,16,23H,(H,24,25)/b9-6+/t16-/m1/s1. The van der Waals surface area contributed by atoms with Crippen LogP contribution in [0.5, 0.6) is 0 Å². The summed E-state index contributed by atoms with van der Waals surface area (Å²) in [6.07, 6.45) is 1.97. The van der Waals surface area contributed by atoms with Crippen molar-refractivity contribution >= 4 is 75.7 Å². The van der Waals surface area contributed by atoms with Crippen molar-refractivity contribution in [2.24, 2.45) is 0 Å². The molecule has 1 amide bonds. The molecule has 2 aromatic rings. The van der Waals surface area contributed by atoms with Crippen LogP contribution >= 0.6 is 58.0 Å². The molecule has 0 saturated carbocycles. The van der Waals surface area contributed by atoms with Crippen LogP contribution in [0.25, 0.3) is 6.08 Å². The van der Waals surface area contributed by atoms with Crippen LogP contribution in [0.4, 0.5) is 5.69 Å². The highest BCUT2D eigenvalue weighted by Gasteiger charge is 2.34. The molecule has 132 valence electrons. The normalized spacial score (nSPS) is 12.8. The molecule has 2 aromatic carbocycles. The number of anilines is 1. The fourth-order valence-electron chi connectivity index (χ4n) is 1.89. The van der Waals surface area contributed by atoms with Gasteiger partial charge in [0, 0.05) is 11.1 Å². The molecule has 3 nitrogen and oxygen atoms in total. The number of carbonyl (C=O) groups is 1. The lowest BCUT2D eigenvalue weighted by atomic mass is 10.2. The number of rotatable bonds is 5. The molecule has 0 aliphatic heterocycles. The summed E-state index contributed by atoms with van der Waals surface area (Å²) < 4.78 is -1.82. The molecule has 0 saturated heterocycles. The van der Waals surface area contributed by atoms with Crippen molar-refractivity contribution in [3.63, 3.8) is 0 Å². The van der Waals surface area contributed by atoms with Gasteiger partial charge in [-0.25, -0.2) is 0 Å². The Labute approximate surface area is 170 Å². The Hall–Kier alpha value is -1.10. The van der Waals surface area contributed by atoms with Gasteiger partial charge in [0.1, 0.15) is 6.17 Å². The number of nitrogens with one attached hydrogen (secondary N) is 2. The van der Waals surface area contributed by atoms with Crippen LogP contribution in [0, 0.1) is 0 Å². The first-order chi connectivity index (χ1) is 11.8. The van der Waals surface area contributed by atoms with Gasteiger partial charge < -0.3 is 10.6 Å². The van der Waals surface area contributed by atoms with E-state index in [1.54, 1.807) is 24.3 Å². The molecule has 2 N–H and O–H groups in total. The third-order valence-electron chi connectivity index (χ3n) is 3.07. The van der Waals surface area contributed by atoms with E-state index in [9.17, 15) is 4.79 Å². The maximum atomic E-state index is 12.1. The summed E-state index contributed by atoms with van der Waals surface area (Å²) in [6, 6.07) is 14.1. The Morgan fingerprint density at radius 1 is 1.04 bits per heavy atom. The van der Waals surface area contributed by atoms with Crippen LogP contribution in [0.3, 0.4) is 0 Å². The summed E-state index contributed by atoms with van der Waals surface area (Å²) in [5, 5.41) is 6.29. The SMILES string of the molecule is O=C(/C=C/c1ccccc1)N[C@@H](Nc1cc(Cl)ccc1Cl)C(Cl)(Cl)Cl. The Morgan fingerprint density at radius 2 is 1.72 bits per heavy atom. The fraction of sp³-hybridized carbons (Fsp3) is 0.118. The van der Waals surface area contributed by atoms with Gasteiger partial charge in [0.25, 0.3) is 0 Å². The molecule has 0 spiro atoms. The van der Waals surface area contributed by atoms with Crippen LogP contribution in [-0.2, 0) is 4.79 Å². The van der Waals surface area contributed by atoms with Crippen molar-refractivity contribution in [2.75, 3.05) is 5.32 Å². The molecule has 8 heteroatoms. The summed E-state index contributed by atoms with van der Waals surface area (Å²) in [6.45, 7) is 0. The first kappa shape index (κ1) is 20.2. The number of carbonyl (C=O) groups excluding carboxylic acids is 1. The van der Waals surface area contributed by atoms with E-state index in [1.807, 2.05) is 30.3 Å². The Bertz CT molecular complexity index is 759. The molecule has 0 bridgehead atoms. The van der Waals surface area contributed by atoms with Crippen LogP contribution in [-0.4, -0.2) is 15.9 Å². The monoisotopic (exact) mass is 436 g/mol. The maximum absolute atomic E-state index is 12.1. The summed E-state index contributed by atoms with van der Waals surface area (Å²) in [5.41, 5.74) is 1.30. The van der Waals surface area contributed by atoms with Gasteiger partial charge in [-0.05, 0) is 29.8 Å². The number of amides is 1. The van der Waals surface area contributed by atoms with Gasteiger partial charge in [-0.3, -0.25) is 4.79 Å². The zero-order valence-corrected chi connectivity index (χ0v) is 16.4. The number of hydrogen-bond donors (Lipinski definition) is 2. The van der Waals surface area contributed by atoms with E-state index < -0.39 is 15.9 Å². The van der Waals surface area contributed by atoms with Crippen molar-refractivity contribution in [1.29, 1.82) is 0 Å². The van der Waals surface area contributed by atoms with Crippen molar-refractivity contribution in [1.82, 2.24) is 5.32 Å². The molecule has 0 aliphatic carbocycles. The highest BCUT2D eigenvalue weighted by atomic mass is 35.6. The van der Waals surface area contributed by atoms with Crippen molar-refractivity contribution in [2.45, 2.75) is 9.96 Å². The molecular formula is C17H13Cl5N2O. The van der Waals surface area contributed by atoms with Crippen LogP contribution in [0.1, 0.15) is 5.56 Å². The minimum Gasteiger partial charge on any atom is -0.361 e. The maximum Gasteiger partial charge on any atom is 0.245 e. The van der Waals surface area contributed by atoms with Gasteiger partial charge >= 0.3 is 0 Å². The average Bonchev–Trinajstić information content (AvgIpc) is 2.55. The van der Waals surface area contributed by atoms with Gasteiger partial charge in [-0.1, -0.05) is 88.3 Å². The van der Waals surface area contributed by atoms with E-state index >= 15 is 0 Å². The lowest BCUT2D eigenvalue weighted by Gasteiger charge is -2.27. The molecule has 2 rings (SSSR count). The summed E-state index contributed by atoms with van der Waals surface area (Å²) in [4.78, 5) is 12.1. The second-order valence-electron chi connectivity index (χ2n) is 5.00. The number of halogens is 5. The number of hydrogen-bond acceptors (Lipinski definition) is 2. The predicted molar refractivity (Wildman–Crippen MR) is 108 cm³/mol. The van der Waals surface area contributed by atoms with Crippen molar-refractivity contribution in [3.8, 4) is 0 Å². The Kier molecular flexibility index (Phi) is 7.29. The Morgan fingerprint density at radius 3 is 2.36 bits per heavy atom. The molecule has 0 heterocycles. The van der Waals surface area contributed by atoms with Gasteiger partial charge in [0.2, 0.25) is 9.70 Å². The molecule has 0 aromatic heterocycles. The Balaban J connectivity index is 2.11. The first-order valence-corrected chi connectivity index (χ1v) is 8.96. The predicted octanol–water partition coefficient (Wildman–Crippen LogP) is 5.93. The third-order valence-corrected chi connectivity index (χ3v) is 4.29. The smallest absolute Gasteiger partial charge is 0.245 e. The number of benzene rings is 2. The minimum atomic E-state index is -1.82. The molecule has 0 unspecified atom stereocenters. The highest BCUT2D eigenvalue weighted by molar-refractivity contribution is 6.68. The second-order valence-corrected chi connectivity index (χ2v) is 8.21. The molecule has 1 atom stereocenters. The lowest BCUT2D eigenvalue weighted by molar-refractivity contribution is -0.116. The van der Waals surface area contributed by atoms with E-state index in [0.29, 0.717) is 15.7 Å². The van der Waals surface area contributed by atoms with Crippen molar-refractivity contribution in [3.05, 3.63) is 70.2 Å². The van der Waals surface area contributed by atoms with Gasteiger partial charge in [0.15, 0.2) is 0 Å². The van der Waals surface area contributed by atoms with Crippen LogP contribution < -0.4 is 10.6 Å². The molecular weight excluding hydrogens is 425 g/mol. The van der Waals surface area contributed by atoms with E-state index in [-0.39, 0.29) is 0 Å². The summed E-state index contributed by atoms with van der Waals surface area (Å²) >= 11 is 29.9. The van der Waals surface area contributed by atoms with E-state index in [2.05, 4.69) is 10.6 Å². The zero-order chi connectivity index (χ0) is 18.4. The third kappa shape index (κ3) is 6.61. The van der Waals surface area contributed by atoms with E-state index in [4.69, 9.17) is 58.0 Å². The average molecular weight is 439 g/mol. The largest absolute Gasteiger partial charge is 0.361 e. The van der Waals surface area contributed by atoms with Crippen molar-refractivity contribution < 1.29 is 4.79 Å². The van der Waals surface area contributed by atoms with Crippen LogP contribution in [0.2, 0.25) is 10.0 Å². The quantitative estimate of drug-likeness (QED) is 0.345. The van der Waals surface area contributed by atoms with Crippen LogP contribution in [0.15, 0.2) is 54.6 Å². The topological polar surface area (TPSA) is 41.1 Å². The van der Waals surface area contributed by atoms with Gasteiger partial charge in [0.05, 0.1) is 10.7 Å².